The molecule has 0 aromatic heterocycles. The fourth-order valence-electron chi connectivity index (χ4n) is 3.73. The van der Waals surface area contributed by atoms with Crippen molar-refractivity contribution in [1.29, 1.82) is 0 Å². The van der Waals surface area contributed by atoms with Crippen LogP contribution in [0, 0.1) is 0 Å². The number of carbonyl (C=O) groups is 1. The molecule has 0 amide bonds. The van der Waals surface area contributed by atoms with Gasteiger partial charge in [0.1, 0.15) is 0 Å². The second-order valence-electron chi connectivity index (χ2n) is 7.20. The summed E-state index contributed by atoms with van der Waals surface area (Å²) in [6.07, 6.45) is 0. The first-order valence-electron chi connectivity index (χ1n) is 9.97. The smallest absolute Gasteiger partial charge is 0.337 e. The first-order valence-corrected chi connectivity index (χ1v) is 9.97. The highest BCUT2D eigenvalue weighted by atomic mass is 16.4. The predicted octanol–water partition coefficient (Wildman–Crippen LogP) is 6.18. The Morgan fingerprint density at radius 3 is 1.77 bits per heavy atom. The normalized spacial score (nSPS) is 10.7. The minimum atomic E-state index is -0.938. The van der Waals surface area contributed by atoms with E-state index >= 15 is 0 Å². The second-order valence-corrected chi connectivity index (χ2v) is 7.20. The van der Waals surface area contributed by atoms with Crippen LogP contribution in [0.15, 0.2) is 109 Å². The maximum absolute atomic E-state index is 12.0. The van der Waals surface area contributed by atoms with Gasteiger partial charge in [-0.15, -0.1) is 0 Å². The molecule has 148 valence electrons. The number of nitrogens with one attached hydrogen (secondary N) is 1. The van der Waals surface area contributed by atoms with Crippen molar-refractivity contribution >= 4 is 11.7 Å². The molecule has 0 fully saturated rings. The Morgan fingerprint density at radius 1 is 0.700 bits per heavy atom. The summed E-state index contributed by atoms with van der Waals surface area (Å²) in [6.45, 7) is 0.571. The molecular weight excluding hydrogens is 370 g/mol. The number of hydrogen-bond donors (Lipinski definition) is 2. The highest BCUT2D eigenvalue weighted by molar-refractivity contribution is 5.94. The number of benzene rings is 4. The van der Waals surface area contributed by atoms with Gasteiger partial charge >= 0.3 is 5.97 Å². The van der Waals surface area contributed by atoms with E-state index in [-0.39, 0.29) is 11.5 Å². The summed E-state index contributed by atoms with van der Waals surface area (Å²) < 4.78 is 0. The van der Waals surface area contributed by atoms with Crippen LogP contribution in [0.2, 0.25) is 0 Å². The lowest BCUT2D eigenvalue weighted by molar-refractivity contribution is 0.0697. The zero-order chi connectivity index (χ0) is 20.8. The largest absolute Gasteiger partial charge is 0.478 e. The molecule has 4 aromatic rings. The van der Waals surface area contributed by atoms with Gasteiger partial charge in [0.25, 0.3) is 0 Å². The van der Waals surface area contributed by atoms with E-state index in [4.69, 9.17) is 0 Å². The van der Waals surface area contributed by atoms with Crippen LogP contribution in [-0.4, -0.2) is 11.1 Å². The molecule has 0 aliphatic rings. The zero-order valence-electron chi connectivity index (χ0n) is 16.5. The summed E-state index contributed by atoms with van der Waals surface area (Å²) in [5, 5.41) is 13.1. The second kappa shape index (κ2) is 9.10. The molecule has 30 heavy (non-hydrogen) atoms. The molecule has 0 aliphatic heterocycles. The van der Waals surface area contributed by atoms with E-state index in [0.717, 1.165) is 22.3 Å². The molecular formula is C27H23NO2. The maximum Gasteiger partial charge on any atom is 0.337 e. The van der Waals surface area contributed by atoms with Crippen LogP contribution in [0.4, 0.5) is 5.69 Å². The monoisotopic (exact) mass is 393 g/mol. The lowest BCUT2D eigenvalue weighted by Gasteiger charge is -2.20. The van der Waals surface area contributed by atoms with Crippen molar-refractivity contribution in [3.8, 4) is 0 Å². The third-order valence-corrected chi connectivity index (χ3v) is 5.20. The minimum absolute atomic E-state index is 0.0336. The number of aromatic carboxylic acids is 1. The van der Waals surface area contributed by atoms with Crippen molar-refractivity contribution in [2.24, 2.45) is 0 Å². The molecule has 0 unspecified atom stereocenters. The number of carboxylic acids is 1. The molecule has 3 nitrogen and oxygen atoms in total. The van der Waals surface area contributed by atoms with Gasteiger partial charge in [-0.05, 0) is 34.4 Å². The van der Waals surface area contributed by atoms with Crippen molar-refractivity contribution in [3.63, 3.8) is 0 Å². The lowest BCUT2D eigenvalue weighted by atomic mass is 9.84. The Bertz CT molecular complexity index is 1070. The van der Waals surface area contributed by atoms with E-state index in [1.807, 2.05) is 78.9 Å². The molecule has 0 saturated carbocycles. The number of anilines is 1. The summed E-state index contributed by atoms with van der Waals surface area (Å²) in [7, 11) is 0. The van der Waals surface area contributed by atoms with Gasteiger partial charge in [0.15, 0.2) is 0 Å². The predicted molar refractivity (Wildman–Crippen MR) is 121 cm³/mol. The first-order chi connectivity index (χ1) is 14.7. The van der Waals surface area contributed by atoms with Crippen LogP contribution >= 0.6 is 0 Å². The molecule has 4 aromatic carbocycles. The van der Waals surface area contributed by atoms with Gasteiger partial charge in [-0.1, -0.05) is 97.1 Å². The standard InChI is InChI=1S/C27H23NO2/c29-27(30)24-18-23(16-17-25(24)28-19-20-10-4-1-5-11-20)26(21-12-6-2-7-13-21)22-14-8-3-9-15-22/h1-18,26,28H,19H2,(H,29,30). The Labute approximate surface area is 176 Å². The van der Waals surface area contributed by atoms with E-state index in [2.05, 4.69) is 29.6 Å². The van der Waals surface area contributed by atoms with E-state index in [9.17, 15) is 9.90 Å². The summed E-state index contributed by atoms with van der Waals surface area (Å²) in [6, 6.07) is 36.0. The van der Waals surface area contributed by atoms with Gasteiger partial charge in [-0.25, -0.2) is 4.79 Å². The van der Waals surface area contributed by atoms with E-state index in [1.54, 1.807) is 6.07 Å². The van der Waals surface area contributed by atoms with Gasteiger partial charge in [0.2, 0.25) is 0 Å². The summed E-state index contributed by atoms with van der Waals surface area (Å²) in [5.74, 6) is -0.971. The van der Waals surface area contributed by atoms with Crippen molar-refractivity contribution in [2.75, 3.05) is 5.32 Å². The van der Waals surface area contributed by atoms with Gasteiger partial charge in [-0.3, -0.25) is 0 Å². The molecule has 0 bridgehead atoms. The summed E-state index contributed by atoms with van der Waals surface area (Å²) in [4.78, 5) is 12.0. The van der Waals surface area contributed by atoms with Gasteiger partial charge in [0.05, 0.1) is 5.56 Å². The Hall–Kier alpha value is -3.85. The molecule has 2 N–H and O–H groups in total. The highest BCUT2D eigenvalue weighted by Crippen LogP contribution is 2.34. The molecule has 0 saturated heterocycles. The van der Waals surface area contributed by atoms with Crippen LogP contribution < -0.4 is 5.32 Å². The van der Waals surface area contributed by atoms with Crippen LogP contribution in [0.1, 0.15) is 38.5 Å². The Kier molecular flexibility index (Phi) is 5.90. The van der Waals surface area contributed by atoms with E-state index in [0.29, 0.717) is 12.2 Å². The van der Waals surface area contributed by atoms with Crippen molar-refractivity contribution < 1.29 is 9.90 Å². The fraction of sp³-hybridized carbons (Fsp3) is 0.0741. The first kappa shape index (κ1) is 19.5. The van der Waals surface area contributed by atoms with Crippen molar-refractivity contribution in [2.45, 2.75) is 12.5 Å². The molecule has 0 heterocycles. The van der Waals surface area contributed by atoms with Crippen molar-refractivity contribution in [3.05, 3.63) is 137 Å². The third-order valence-electron chi connectivity index (χ3n) is 5.20. The van der Waals surface area contributed by atoms with Crippen LogP contribution in [0.3, 0.4) is 0 Å². The van der Waals surface area contributed by atoms with Crippen LogP contribution in [0.25, 0.3) is 0 Å². The highest BCUT2D eigenvalue weighted by Gasteiger charge is 2.19. The number of hydrogen-bond acceptors (Lipinski definition) is 2. The molecule has 0 radical (unpaired) electrons. The van der Waals surface area contributed by atoms with Crippen LogP contribution in [-0.2, 0) is 6.54 Å². The Morgan fingerprint density at radius 2 is 1.23 bits per heavy atom. The lowest BCUT2D eigenvalue weighted by Crippen LogP contribution is -2.09. The fourth-order valence-corrected chi connectivity index (χ4v) is 3.73. The topological polar surface area (TPSA) is 49.3 Å². The Balaban J connectivity index is 1.71. The van der Waals surface area contributed by atoms with Gasteiger partial charge in [-0.2, -0.15) is 0 Å². The quantitative estimate of drug-likeness (QED) is 0.369. The van der Waals surface area contributed by atoms with Crippen LogP contribution in [0.5, 0.6) is 0 Å². The molecule has 3 heteroatoms. The van der Waals surface area contributed by atoms with Gasteiger partial charge < -0.3 is 10.4 Å². The van der Waals surface area contributed by atoms with E-state index < -0.39 is 5.97 Å². The number of carboxylic acid groups (broad SMARTS) is 1. The molecule has 0 atom stereocenters. The molecule has 4 rings (SSSR count). The molecule has 0 spiro atoms. The SMILES string of the molecule is O=C(O)c1cc(C(c2ccccc2)c2ccccc2)ccc1NCc1ccccc1. The van der Waals surface area contributed by atoms with Crippen molar-refractivity contribution in [1.82, 2.24) is 0 Å². The average molecular weight is 393 g/mol. The van der Waals surface area contributed by atoms with Gasteiger partial charge in [0, 0.05) is 18.2 Å². The summed E-state index contributed by atoms with van der Waals surface area (Å²) >= 11 is 0. The molecule has 0 aliphatic carbocycles. The zero-order valence-corrected chi connectivity index (χ0v) is 16.5. The van der Waals surface area contributed by atoms with E-state index in [1.165, 1.54) is 0 Å². The third kappa shape index (κ3) is 4.41. The summed E-state index contributed by atoms with van der Waals surface area (Å²) in [5.41, 5.74) is 5.21. The average Bonchev–Trinajstić information content (AvgIpc) is 2.80. The minimum Gasteiger partial charge on any atom is -0.478 e. The maximum atomic E-state index is 12.0. The number of rotatable bonds is 7.